The van der Waals surface area contributed by atoms with Crippen molar-refractivity contribution in [3.8, 4) is 73.0 Å². The van der Waals surface area contributed by atoms with Crippen LogP contribution in [0.4, 0.5) is 0 Å². The van der Waals surface area contributed by atoms with Gasteiger partial charge in [-0.05, 0) is 112 Å². The molecule has 0 N–H and O–H groups in total. The molecule has 10 aromatic rings. The van der Waals surface area contributed by atoms with E-state index in [2.05, 4.69) is 173 Å². The molecule has 0 saturated heterocycles. The van der Waals surface area contributed by atoms with E-state index in [1.807, 2.05) is 6.20 Å². The molecule has 1 aliphatic heterocycles. The summed E-state index contributed by atoms with van der Waals surface area (Å²) in [7, 11) is 0. The Morgan fingerprint density at radius 1 is 0.574 bits per heavy atom. The van der Waals surface area contributed by atoms with E-state index in [1.165, 1.54) is 46.2 Å². The van der Waals surface area contributed by atoms with E-state index in [4.69, 9.17) is 14.7 Å². The SMILES string of the molecule is CC1(C)c2ccccc2Oc2c(-c3cc4c(cc3C3CCCC3)-c3ccccc3-c3cncnc3-c3ccccc3-4)cc(-n3c4ccccc4n4c5ccccc5nc34)cc21. The molecule has 0 amide bonds. The first-order valence-electron chi connectivity index (χ1n) is 21.5. The summed E-state index contributed by atoms with van der Waals surface area (Å²) in [6.07, 6.45) is 8.41. The first-order valence-corrected chi connectivity index (χ1v) is 21.5. The molecule has 0 spiro atoms. The molecular weight excluding hydrogens is 747 g/mol. The molecule has 0 radical (unpaired) electrons. The first kappa shape index (κ1) is 34.5. The quantitative estimate of drug-likeness (QED) is 0.179. The Morgan fingerprint density at radius 3 is 2.05 bits per heavy atom. The average Bonchev–Trinajstić information content (AvgIpc) is 4.05. The number of rotatable bonds is 3. The van der Waals surface area contributed by atoms with Crippen LogP contribution in [0.15, 0.2) is 158 Å². The van der Waals surface area contributed by atoms with Crippen molar-refractivity contribution in [1.29, 1.82) is 0 Å². The molecule has 61 heavy (non-hydrogen) atoms. The zero-order valence-corrected chi connectivity index (χ0v) is 34.1. The third kappa shape index (κ3) is 4.93. The predicted molar refractivity (Wildman–Crippen MR) is 246 cm³/mol. The van der Waals surface area contributed by atoms with Crippen molar-refractivity contribution in [3.63, 3.8) is 0 Å². The highest BCUT2D eigenvalue weighted by Crippen LogP contribution is 2.56. The normalized spacial score (nSPS) is 15.0. The predicted octanol–water partition coefficient (Wildman–Crippen LogP) is 14.0. The van der Waals surface area contributed by atoms with Crippen LogP contribution in [0.25, 0.3) is 89.3 Å². The monoisotopic (exact) mass is 787 g/mol. The molecule has 292 valence electrons. The second-order valence-corrected chi connectivity index (χ2v) is 17.5. The maximum absolute atomic E-state index is 7.23. The van der Waals surface area contributed by atoms with E-state index in [9.17, 15) is 0 Å². The van der Waals surface area contributed by atoms with Gasteiger partial charge in [0.15, 0.2) is 0 Å². The fraction of sp³-hybridized carbons (Fsp3) is 0.145. The van der Waals surface area contributed by atoms with Crippen molar-refractivity contribution < 1.29 is 4.74 Å². The lowest BCUT2D eigenvalue weighted by molar-refractivity contribution is 0.419. The average molecular weight is 788 g/mol. The number of hydrogen-bond donors (Lipinski definition) is 0. The lowest BCUT2D eigenvalue weighted by Gasteiger charge is -2.36. The first-order chi connectivity index (χ1) is 30.0. The van der Waals surface area contributed by atoms with E-state index in [-0.39, 0.29) is 5.41 Å². The number of benzene rings is 7. The van der Waals surface area contributed by atoms with Crippen LogP contribution in [0.5, 0.6) is 11.5 Å². The molecule has 3 aliphatic rings. The Bertz CT molecular complexity index is 3460. The number of imidazole rings is 2. The minimum absolute atomic E-state index is 0.361. The minimum Gasteiger partial charge on any atom is -0.456 e. The van der Waals surface area contributed by atoms with Crippen molar-refractivity contribution in [1.82, 2.24) is 23.9 Å². The second-order valence-electron chi connectivity index (χ2n) is 17.5. The zero-order valence-electron chi connectivity index (χ0n) is 34.1. The molecule has 0 unspecified atom stereocenters. The molecule has 7 aromatic carbocycles. The van der Waals surface area contributed by atoms with Gasteiger partial charge in [0.05, 0.1) is 33.4 Å². The molecule has 13 rings (SSSR count). The largest absolute Gasteiger partial charge is 0.456 e. The van der Waals surface area contributed by atoms with Crippen molar-refractivity contribution in [3.05, 3.63) is 175 Å². The van der Waals surface area contributed by atoms with Crippen LogP contribution in [0.3, 0.4) is 0 Å². The highest BCUT2D eigenvalue weighted by atomic mass is 16.5. The highest BCUT2D eigenvalue weighted by molar-refractivity contribution is 6.04. The van der Waals surface area contributed by atoms with Crippen molar-refractivity contribution in [2.75, 3.05) is 0 Å². The summed E-state index contributed by atoms with van der Waals surface area (Å²) in [5.41, 5.74) is 20.1. The lowest BCUT2D eigenvalue weighted by atomic mass is 9.73. The van der Waals surface area contributed by atoms with Gasteiger partial charge in [-0.2, -0.15) is 0 Å². The summed E-state index contributed by atoms with van der Waals surface area (Å²) in [4.78, 5) is 14.8. The van der Waals surface area contributed by atoms with Gasteiger partial charge in [-0.3, -0.25) is 8.97 Å². The summed E-state index contributed by atoms with van der Waals surface area (Å²) in [5.74, 6) is 3.13. The molecule has 3 aromatic heterocycles. The Kier molecular flexibility index (Phi) is 7.27. The summed E-state index contributed by atoms with van der Waals surface area (Å²) < 4.78 is 11.9. The van der Waals surface area contributed by atoms with Gasteiger partial charge < -0.3 is 4.74 Å². The van der Waals surface area contributed by atoms with Crippen LogP contribution < -0.4 is 4.74 Å². The van der Waals surface area contributed by atoms with Crippen molar-refractivity contribution in [2.24, 2.45) is 0 Å². The van der Waals surface area contributed by atoms with E-state index >= 15 is 0 Å². The Morgan fingerprint density at radius 2 is 1.23 bits per heavy atom. The van der Waals surface area contributed by atoms with E-state index in [0.29, 0.717) is 5.92 Å². The zero-order chi connectivity index (χ0) is 40.4. The number of para-hydroxylation sites is 5. The summed E-state index contributed by atoms with van der Waals surface area (Å²) in [6.45, 7) is 4.69. The van der Waals surface area contributed by atoms with Gasteiger partial charge in [-0.1, -0.05) is 118 Å². The van der Waals surface area contributed by atoms with E-state index in [0.717, 1.165) is 96.9 Å². The number of nitrogens with zero attached hydrogens (tertiary/aromatic N) is 5. The summed E-state index contributed by atoms with van der Waals surface area (Å²) in [6, 6.07) is 53.1. The molecule has 1 fully saturated rings. The van der Waals surface area contributed by atoms with Crippen LogP contribution in [0.1, 0.15) is 62.1 Å². The molecule has 0 bridgehead atoms. The Balaban J connectivity index is 1.17. The molecule has 4 heterocycles. The third-order valence-corrected chi connectivity index (χ3v) is 13.9. The minimum atomic E-state index is -0.361. The number of fused-ring (bicyclic) bond motifs is 15. The Hall–Kier alpha value is -7.31. The fourth-order valence-corrected chi connectivity index (χ4v) is 10.9. The standard InChI is InChI=1S/C55H41N5O/c1-55(2)45-21-9-14-26-51(45)61-53-43(27-34(28-46(53)55)59-49-24-12-13-25-50(49)60-48-23-11-10-22-47(48)58-54(59)60)42-30-41-37-19-7-8-20-38(37)52-44(31-56-32-57-52)36-18-6-5-17-35(36)40(41)29-39(42)33-15-3-4-16-33/h5-14,17-33H,3-4,15-16H2,1-2H3. The van der Waals surface area contributed by atoms with Gasteiger partial charge in [0.1, 0.15) is 17.8 Å². The fourth-order valence-electron chi connectivity index (χ4n) is 10.9. The van der Waals surface area contributed by atoms with E-state index < -0.39 is 0 Å². The van der Waals surface area contributed by atoms with Gasteiger partial charge in [0.2, 0.25) is 5.78 Å². The smallest absolute Gasteiger partial charge is 0.220 e. The summed E-state index contributed by atoms with van der Waals surface area (Å²) in [5, 5.41) is 0. The van der Waals surface area contributed by atoms with Gasteiger partial charge >= 0.3 is 0 Å². The van der Waals surface area contributed by atoms with Crippen molar-refractivity contribution in [2.45, 2.75) is 50.9 Å². The number of aromatic nitrogens is 5. The summed E-state index contributed by atoms with van der Waals surface area (Å²) >= 11 is 0. The van der Waals surface area contributed by atoms with Crippen LogP contribution >= 0.6 is 0 Å². The molecule has 2 aliphatic carbocycles. The van der Waals surface area contributed by atoms with Crippen LogP contribution in [0, 0.1) is 0 Å². The molecule has 6 heteroatoms. The van der Waals surface area contributed by atoms with Gasteiger partial charge in [-0.15, -0.1) is 0 Å². The molecular formula is C55H41N5O. The topological polar surface area (TPSA) is 57.2 Å². The molecule has 1 saturated carbocycles. The molecule has 0 atom stereocenters. The van der Waals surface area contributed by atoms with Gasteiger partial charge in [0.25, 0.3) is 0 Å². The third-order valence-electron chi connectivity index (χ3n) is 13.9. The number of hydrogen-bond acceptors (Lipinski definition) is 4. The van der Waals surface area contributed by atoms with Crippen LogP contribution in [-0.2, 0) is 5.41 Å². The van der Waals surface area contributed by atoms with Crippen LogP contribution in [0.2, 0.25) is 0 Å². The maximum Gasteiger partial charge on any atom is 0.220 e. The highest BCUT2D eigenvalue weighted by Gasteiger charge is 2.38. The Labute approximate surface area is 353 Å². The van der Waals surface area contributed by atoms with Crippen molar-refractivity contribution >= 4 is 27.8 Å². The van der Waals surface area contributed by atoms with E-state index in [1.54, 1.807) is 6.33 Å². The molecule has 6 nitrogen and oxygen atoms in total. The number of ether oxygens (including phenoxy) is 1. The van der Waals surface area contributed by atoms with Crippen LogP contribution in [-0.4, -0.2) is 23.9 Å². The van der Waals surface area contributed by atoms with Gasteiger partial charge in [0, 0.05) is 39.4 Å². The second kappa shape index (κ2) is 12.8. The lowest BCUT2D eigenvalue weighted by Crippen LogP contribution is -2.25. The van der Waals surface area contributed by atoms with Gasteiger partial charge in [-0.25, -0.2) is 15.0 Å². The maximum atomic E-state index is 7.23.